The summed E-state index contributed by atoms with van der Waals surface area (Å²) in [5.74, 6) is 0.906. The summed E-state index contributed by atoms with van der Waals surface area (Å²) in [5, 5.41) is 10.9. The molecule has 1 N–H and O–H groups in total. The first-order valence-electron chi connectivity index (χ1n) is 5.37. The van der Waals surface area contributed by atoms with E-state index in [2.05, 4.69) is 15.5 Å². The summed E-state index contributed by atoms with van der Waals surface area (Å²) in [6.45, 7) is 4.95. The minimum atomic E-state index is 0.0155. The number of carbonyl (C=O) groups excluding carboxylic acids is 1. The summed E-state index contributed by atoms with van der Waals surface area (Å²) in [4.78, 5) is 13.2. The molecule has 1 atom stereocenters. The second-order valence-electron chi connectivity index (χ2n) is 3.81. The molecule has 1 amide bonds. The third kappa shape index (κ3) is 3.03. The molecule has 0 fully saturated rings. The molecule has 0 aliphatic rings. The Morgan fingerprint density at radius 1 is 1.69 bits per heavy atom. The van der Waals surface area contributed by atoms with Crippen molar-refractivity contribution in [2.75, 3.05) is 20.1 Å². The molecule has 6 nitrogen and oxygen atoms in total. The van der Waals surface area contributed by atoms with E-state index in [1.807, 2.05) is 25.5 Å². The van der Waals surface area contributed by atoms with Gasteiger partial charge >= 0.3 is 0 Å². The van der Waals surface area contributed by atoms with Crippen LogP contribution in [0.25, 0.3) is 0 Å². The molecule has 0 aliphatic carbocycles. The van der Waals surface area contributed by atoms with Crippen molar-refractivity contribution >= 4 is 5.91 Å². The molecule has 90 valence electrons. The summed E-state index contributed by atoms with van der Waals surface area (Å²) in [6.07, 6.45) is 1.65. The van der Waals surface area contributed by atoms with Gasteiger partial charge in [-0.05, 0) is 13.8 Å². The third-order valence-corrected chi connectivity index (χ3v) is 2.59. The summed E-state index contributed by atoms with van der Waals surface area (Å²) in [5.41, 5.74) is 0. The van der Waals surface area contributed by atoms with E-state index < -0.39 is 0 Å². The van der Waals surface area contributed by atoms with Crippen molar-refractivity contribution in [1.82, 2.24) is 25.0 Å². The highest BCUT2D eigenvalue weighted by molar-refractivity contribution is 5.77. The van der Waals surface area contributed by atoms with Crippen LogP contribution < -0.4 is 5.32 Å². The maximum atomic E-state index is 11.6. The molecular formula is C10H19N5O. The second kappa shape index (κ2) is 5.60. The zero-order valence-electron chi connectivity index (χ0n) is 10.3. The van der Waals surface area contributed by atoms with E-state index in [-0.39, 0.29) is 11.9 Å². The highest BCUT2D eigenvalue weighted by Crippen LogP contribution is 2.06. The van der Waals surface area contributed by atoms with E-state index in [1.165, 1.54) is 0 Å². The molecule has 1 rings (SSSR count). The summed E-state index contributed by atoms with van der Waals surface area (Å²) < 4.78 is 1.84. The fourth-order valence-electron chi connectivity index (χ4n) is 1.33. The standard InChI is InChI=1S/C10H19N5O/c1-5-14(3)9(16)6-11-8(2)10-13-12-7-15(10)4/h7-8,11H,5-6H2,1-4H3. The minimum Gasteiger partial charge on any atom is -0.345 e. The van der Waals surface area contributed by atoms with E-state index >= 15 is 0 Å². The molecule has 1 heterocycles. The van der Waals surface area contributed by atoms with Crippen molar-refractivity contribution in [2.45, 2.75) is 19.9 Å². The fraction of sp³-hybridized carbons (Fsp3) is 0.700. The van der Waals surface area contributed by atoms with Gasteiger partial charge in [0.05, 0.1) is 12.6 Å². The normalized spacial score (nSPS) is 12.5. The van der Waals surface area contributed by atoms with Crippen LogP contribution in [0.1, 0.15) is 25.7 Å². The number of carbonyl (C=O) groups is 1. The van der Waals surface area contributed by atoms with E-state index in [9.17, 15) is 4.79 Å². The molecule has 0 aromatic carbocycles. The summed E-state index contributed by atoms with van der Waals surface area (Å²) in [7, 11) is 3.67. The number of nitrogens with one attached hydrogen (secondary N) is 1. The van der Waals surface area contributed by atoms with Gasteiger partial charge in [0.2, 0.25) is 5.91 Å². The molecule has 1 aromatic rings. The van der Waals surface area contributed by atoms with Crippen LogP contribution in [0.3, 0.4) is 0 Å². The van der Waals surface area contributed by atoms with E-state index in [1.54, 1.807) is 18.3 Å². The van der Waals surface area contributed by atoms with Gasteiger partial charge in [0.1, 0.15) is 12.2 Å². The topological polar surface area (TPSA) is 63.1 Å². The van der Waals surface area contributed by atoms with Crippen LogP contribution in [0.15, 0.2) is 6.33 Å². The Morgan fingerprint density at radius 3 is 2.88 bits per heavy atom. The van der Waals surface area contributed by atoms with E-state index in [0.29, 0.717) is 6.54 Å². The minimum absolute atomic E-state index is 0.0155. The first-order chi connectivity index (χ1) is 7.56. The maximum absolute atomic E-state index is 11.6. The van der Waals surface area contributed by atoms with Gasteiger partial charge in [-0.2, -0.15) is 0 Å². The van der Waals surface area contributed by atoms with Crippen LogP contribution in [-0.4, -0.2) is 45.7 Å². The van der Waals surface area contributed by atoms with Gasteiger partial charge in [0, 0.05) is 20.6 Å². The van der Waals surface area contributed by atoms with Gasteiger partial charge in [0.25, 0.3) is 0 Å². The largest absolute Gasteiger partial charge is 0.345 e. The number of aryl methyl sites for hydroxylation is 1. The molecule has 0 radical (unpaired) electrons. The zero-order valence-corrected chi connectivity index (χ0v) is 10.3. The van der Waals surface area contributed by atoms with Gasteiger partial charge in [-0.15, -0.1) is 10.2 Å². The number of rotatable bonds is 5. The Kier molecular flexibility index (Phi) is 4.42. The van der Waals surface area contributed by atoms with Crippen LogP contribution in [0.5, 0.6) is 0 Å². The smallest absolute Gasteiger partial charge is 0.236 e. The fourth-order valence-corrected chi connectivity index (χ4v) is 1.33. The predicted molar refractivity (Wildman–Crippen MR) is 60.7 cm³/mol. The Labute approximate surface area is 95.6 Å². The number of hydrogen-bond acceptors (Lipinski definition) is 4. The molecule has 0 aliphatic heterocycles. The summed E-state index contributed by atoms with van der Waals surface area (Å²) in [6, 6.07) is 0.0155. The van der Waals surface area contributed by atoms with Gasteiger partial charge in [-0.25, -0.2) is 0 Å². The van der Waals surface area contributed by atoms with Gasteiger partial charge in [-0.1, -0.05) is 0 Å². The lowest BCUT2D eigenvalue weighted by molar-refractivity contribution is -0.128. The van der Waals surface area contributed by atoms with Crippen molar-refractivity contribution in [3.05, 3.63) is 12.2 Å². The molecule has 6 heteroatoms. The number of hydrogen-bond donors (Lipinski definition) is 1. The van der Waals surface area contributed by atoms with Crippen LogP contribution in [0.4, 0.5) is 0 Å². The SMILES string of the molecule is CCN(C)C(=O)CNC(C)c1nncn1C. The van der Waals surface area contributed by atoms with Crippen LogP contribution in [0.2, 0.25) is 0 Å². The average molecular weight is 225 g/mol. The quantitative estimate of drug-likeness (QED) is 0.763. The van der Waals surface area contributed by atoms with Crippen LogP contribution in [-0.2, 0) is 11.8 Å². The highest BCUT2D eigenvalue weighted by Gasteiger charge is 2.13. The highest BCUT2D eigenvalue weighted by atomic mass is 16.2. The molecule has 1 unspecified atom stereocenters. The number of aromatic nitrogens is 3. The first-order valence-corrected chi connectivity index (χ1v) is 5.37. The maximum Gasteiger partial charge on any atom is 0.236 e. The predicted octanol–water partition coefficient (Wildman–Crippen LogP) is -0.0560. The molecule has 0 saturated heterocycles. The number of nitrogens with zero attached hydrogens (tertiary/aromatic N) is 4. The molecule has 0 bridgehead atoms. The monoisotopic (exact) mass is 225 g/mol. The van der Waals surface area contributed by atoms with E-state index in [0.717, 1.165) is 12.4 Å². The average Bonchev–Trinajstić information content (AvgIpc) is 2.70. The Morgan fingerprint density at radius 2 is 2.38 bits per heavy atom. The number of amides is 1. The zero-order chi connectivity index (χ0) is 12.1. The molecule has 0 spiro atoms. The van der Waals surface area contributed by atoms with E-state index in [4.69, 9.17) is 0 Å². The molecular weight excluding hydrogens is 206 g/mol. The first kappa shape index (κ1) is 12.6. The van der Waals surface area contributed by atoms with Crippen molar-refractivity contribution < 1.29 is 4.79 Å². The summed E-state index contributed by atoms with van der Waals surface area (Å²) >= 11 is 0. The van der Waals surface area contributed by atoms with Crippen molar-refractivity contribution in [3.63, 3.8) is 0 Å². The van der Waals surface area contributed by atoms with Crippen molar-refractivity contribution in [2.24, 2.45) is 7.05 Å². The lowest BCUT2D eigenvalue weighted by Crippen LogP contribution is -2.36. The van der Waals surface area contributed by atoms with Crippen LogP contribution in [0, 0.1) is 0 Å². The van der Waals surface area contributed by atoms with Gasteiger partial charge < -0.3 is 9.47 Å². The lowest BCUT2D eigenvalue weighted by Gasteiger charge is -2.17. The van der Waals surface area contributed by atoms with Gasteiger partial charge in [0.15, 0.2) is 0 Å². The Balaban J connectivity index is 2.45. The Bertz CT molecular complexity index is 349. The Hall–Kier alpha value is -1.43. The lowest BCUT2D eigenvalue weighted by atomic mass is 10.3. The van der Waals surface area contributed by atoms with Crippen molar-refractivity contribution in [3.8, 4) is 0 Å². The third-order valence-electron chi connectivity index (χ3n) is 2.59. The molecule has 0 saturated carbocycles. The number of likely N-dealkylation sites (N-methyl/N-ethyl adjacent to an activating group) is 1. The molecule has 16 heavy (non-hydrogen) atoms. The molecule has 1 aromatic heterocycles. The van der Waals surface area contributed by atoms with Crippen LogP contribution >= 0.6 is 0 Å². The second-order valence-corrected chi connectivity index (χ2v) is 3.81. The van der Waals surface area contributed by atoms with Crippen molar-refractivity contribution in [1.29, 1.82) is 0 Å². The van der Waals surface area contributed by atoms with Gasteiger partial charge in [-0.3, -0.25) is 10.1 Å².